The number of rotatable bonds is 10. The van der Waals surface area contributed by atoms with Crippen LogP contribution in [-0.2, 0) is 39.5 Å². The third kappa shape index (κ3) is 4.79. The van der Waals surface area contributed by atoms with Gasteiger partial charge >= 0.3 is 26.4 Å². The van der Waals surface area contributed by atoms with Gasteiger partial charge in [-0.15, -0.1) is 0 Å². The molecule has 9 nitrogen and oxygen atoms in total. The van der Waals surface area contributed by atoms with E-state index < -0.39 is 26.4 Å². The van der Waals surface area contributed by atoms with Gasteiger partial charge in [-0.2, -0.15) is 0 Å². The summed E-state index contributed by atoms with van der Waals surface area (Å²) in [6.07, 6.45) is 0. The number of hydrogen-bond donors (Lipinski definition) is 0. The molecule has 0 rings (SSSR count). The van der Waals surface area contributed by atoms with Crippen LogP contribution in [0.15, 0.2) is 0 Å². The third-order valence-corrected chi connectivity index (χ3v) is 8.25. The average Bonchev–Trinajstić information content (AvgIpc) is 2.42. The molecule has 110 valence electrons. The monoisotopic (exact) mass is 322 g/mol. The highest BCUT2D eigenvalue weighted by atomic mass is 31.1. The Bertz CT molecular complexity index is 217. The summed E-state index contributed by atoms with van der Waals surface area (Å²) in [5, 5.41) is 0. The van der Waals surface area contributed by atoms with Crippen molar-refractivity contribution in [2.24, 2.45) is 0 Å². The zero-order valence-corrected chi connectivity index (χ0v) is 14.2. The Labute approximate surface area is 109 Å². The summed E-state index contributed by atoms with van der Waals surface area (Å²) in [7, 11) is -2.12. The van der Waals surface area contributed by atoms with Crippen molar-refractivity contribution in [1.29, 1.82) is 0 Å². The molecule has 0 aliphatic heterocycles. The van der Waals surface area contributed by atoms with Crippen molar-refractivity contribution >= 4 is 26.4 Å². The molecule has 0 bridgehead atoms. The fourth-order valence-electron chi connectivity index (χ4n) is 0.975. The first-order chi connectivity index (χ1) is 8.46. The van der Waals surface area contributed by atoms with Crippen LogP contribution in [0.25, 0.3) is 0 Å². The molecule has 18 heavy (non-hydrogen) atoms. The minimum atomic E-state index is -3.46. The van der Waals surface area contributed by atoms with Gasteiger partial charge in [-0.3, -0.25) is 13.0 Å². The number of hydrogen-bond acceptors (Lipinski definition) is 9. The third-order valence-electron chi connectivity index (χ3n) is 1.92. The fraction of sp³-hybridized carbons (Fsp3) is 1.00. The minimum absolute atomic E-state index is 1.31. The Morgan fingerprint density at radius 2 is 0.833 bits per heavy atom. The summed E-state index contributed by atoms with van der Waals surface area (Å²) in [5.74, 6) is 0. The minimum Gasteiger partial charge on any atom is -0.354 e. The molecule has 0 atom stereocenters. The summed E-state index contributed by atoms with van der Waals surface area (Å²) in [4.78, 5) is 0. The van der Waals surface area contributed by atoms with Crippen LogP contribution >= 0.6 is 8.25 Å². The van der Waals surface area contributed by atoms with Gasteiger partial charge in [0.1, 0.15) is 0 Å². The largest absolute Gasteiger partial charge is 0.685 e. The Morgan fingerprint density at radius 3 is 1.00 bits per heavy atom. The molecular weight excluding hydrogens is 303 g/mol. The van der Waals surface area contributed by atoms with Crippen LogP contribution in [0.1, 0.15) is 0 Å². The van der Waals surface area contributed by atoms with E-state index in [1.807, 2.05) is 0 Å². The molecule has 0 N–H and O–H groups in total. The molecule has 0 unspecified atom stereocenters. The average molecular weight is 322 g/mol. The van der Waals surface area contributed by atoms with Crippen molar-refractivity contribution in [2.45, 2.75) is 0 Å². The molecule has 0 aliphatic rings. The van der Waals surface area contributed by atoms with Crippen molar-refractivity contribution in [3.05, 3.63) is 0 Å². The molecule has 0 amide bonds. The first-order valence-electron chi connectivity index (χ1n) is 4.69. The van der Waals surface area contributed by atoms with E-state index in [1.54, 1.807) is 0 Å². The van der Waals surface area contributed by atoms with Gasteiger partial charge < -0.3 is 26.6 Å². The topological polar surface area (TPSA) is 90.9 Å². The smallest absolute Gasteiger partial charge is 0.354 e. The summed E-state index contributed by atoms with van der Waals surface area (Å²) < 4.78 is 51.4. The Balaban J connectivity index is 4.67. The molecule has 0 saturated carbocycles. The lowest BCUT2D eigenvalue weighted by Crippen LogP contribution is -2.47. The van der Waals surface area contributed by atoms with Gasteiger partial charge in [-0.1, -0.05) is 0 Å². The zero-order valence-electron chi connectivity index (χ0n) is 11.2. The molecule has 0 radical (unpaired) electrons. The highest BCUT2D eigenvalue weighted by Crippen LogP contribution is 2.34. The second-order valence-electron chi connectivity index (χ2n) is 2.68. The zero-order chi connectivity index (χ0) is 14.2. The second-order valence-corrected chi connectivity index (χ2v) is 9.26. The quantitative estimate of drug-likeness (QED) is 0.412. The van der Waals surface area contributed by atoms with Crippen LogP contribution in [0.3, 0.4) is 0 Å². The van der Waals surface area contributed by atoms with E-state index in [0.717, 1.165) is 0 Å². The lowest BCUT2D eigenvalue weighted by atomic mass is 11.8. The van der Waals surface area contributed by atoms with Crippen molar-refractivity contribution in [2.75, 3.05) is 42.7 Å². The van der Waals surface area contributed by atoms with E-state index >= 15 is 0 Å². The van der Waals surface area contributed by atoms with E-state index in [1.165, 1.54) is 42.7 Å². The van der Waals surface area contributed by atoms with Crippen LogP contribution in [0.5, 0.6) is 0 Å². The van der Waals surface area contributed by atoms with E-state index in [-0.39, 0.29) is 0 Å². The maximum atomic E-state index is 11.8. The van der Waals surface area contributed by atoms with Crippen molar-refractivity contribution in [1.82, 2.24) is 0 Å². The molecule has 0 fully saturated rings. The Hall–Kier alpha value is 0.344. The van der Waals surface area contributed by atoms with Crippen molar-refractivity contribution in [3.63, 3.8) is 0 Å². The molecule has 0 aromatic rings. The van der Waals surface area contributed by atoms with Crippen molar-refractivity contribution < 1.29 is 39.5 Å². The molecule has 0 aliphatic carbocycles. The van der Waals surface area contributed by atoms with Crippen LogP contribution in [-0.4, -0.2) is 60.8 Å². The van der Waals surface area contributed by atoms with E-state index in [0.29, 0.717) is 0 Å². The molecule has 0 saturated heterocycles. The highest BCUT2D eigenvalue weighted by molar-refractivity contribution is 7.37. The van der Waals surface area contributed by atoms with Gasteiger partial charge in [0.15, 0.2) is 0 Å². The van der Waals surface area contributed by atoms with Gasteiger partial charge in [-0.25, -0.2) is 0 Å². The van der Waals surface area contributed by atoms with Gasteiger partial charge in [0.05, 0.1) is 0 Å². The van der Waals surface area contributed by atoms with Crippen LogP contribution < -0.4 is 0 Å². The molecule has 0 spiro atoms. The lowest BCUT2D eigenvalue weighted by Gasteiger charge is -2.26. The summed E-state index contributed by atoms with van der Waals surface area (Å²) >= 11 is 0. The lowest BCUT2D eigenvalue weighted by molar-refractivity contribution is 0.0316. The van der Waals surface area contributed by atoms with Gasteiger partial charge in [0.2, 0.25) is 0 Å². The summed E-state index contributed by atoms with van der Waals surface area (Å²) in [5.41, 5.74) is 0. The highest BCUT2D eigenvalue weighted by Gasteiger charge is 2.50. The molecule has 0 heterocycles. The predicted octanol–water partition coefficient (Wildman–Crippen LogP) is 0.159. The van der Waals surface area contributed by atoms with Crippen LogP contribution in [0, 0.1) is 0 Å². The van der Waals surface area contributed by atoms with Gasteiger partial charge in [0, 0.05) is 42.7 Å². The first-order valence-corrected chi connectivity index (χ1v) is 9.19. The summed E-state index contributed by atoms with van der Waals surface area (Å²) in [6, 6.07) is 0. The molecule has 0 aromatic heterocycles. The van der Waals surface area contributed by atoms with Gasteiger partial charge in [0.25, 0.3) is 0 Å². The molecule has 12 heteroatoms. The Kier molecular flexibility index (Phi) is 8.66. The van der Waals surface area contributed by atoms with E-state index in [4.69, 9.17) is 35.0 Å². The molecular formula is C6H19O9PSi2. The summed E-state index contributed by atoms with van der Waals surface area (Å²) in [6.45, 7) is 0. The van der Waals surface area contributed by atoms with E-state index in [2.05, 4.69) is 0 Å². The van der Waals surface area contributed by atoms with Crippen LogP contribution in [0.4, 0.5) is 0 Å². The first kappa shape index (κ1) is 18.3. The normalized spacial score (nSPS) is 13.3. The second kappa shape index (κ2) is 8.50. The standard InChI is InChI=1S/C6H19O9PSi2/c1-8-17(9-2,10-3)14-16(7)15-18(11-4,12-5)13-6/h16H,1-6H3. The fourth-order valence-corrected chi connectivity index (χ4v) is 6.15. The maximum Gasteiger partial charge on any atom is 0.685 e. The van der Waals surface area contributed by atoms with Gasteiger partial charge in [-0.05, 0) is 0 Å². The van der Waals surface area contributed by atoms with Crippen molar-refractivity contribution in [3.8, 4) is 0 Å². The Morgan fingerprint density at radius 1 is 0.611 bits per heavy atom. The predicted molar refractivity (Wildman–Crippen MR) is 64.7 cm³/mol. The SMILES string of the molecule is CO[Si](OC)(OC)O[PH](=O)O[Si](OC)(OC)OC. The van der Waals surface area contributed by atoms with Crippen LogP contribution in [0.2, 0.25) is 0 Å². The molecule has 0 aromatic carbocycles. The maximum absolute atomic E-state index is 11.8. The van der Waals surface area contributed by atoms with E-state index in [9.17, 15) is 4.57 Å².